The Kier molecular flexibility index (Phi) is 4.40. The highest BCUT2D eigenvalue weighted by Gasteiger charge is 2.44. The van der Waals surface area contributed by atoms with Gasteiger partial charge in [0, 0.05) is 31.8 Å². The Morgan fingerprint density at radius 2 is 2.12 bits per heavy atom. The van der Waals surface area contributed by atoms with Gasteiger partial charge in [-0.3, -0.25) is 4.79 Å². The fourth-order valence-electron chi connectivity index (χ4n) is 3.88. The molecular weight excluding hydrogens is 334 g/mol. The largest absolute Gasteiger partial charge is 0.472 e. The predicted octanol–water partition coefficient (Wildman–Crippen LogP) is 2.53. The van der Waals surface area contributed by atoms with Crippen molar-refractivity contribution in [2.24, 2.45) is 0 Å². The number of carbonyl (C=O) groups excluding carboxylic acids is 1. The molecule has 2 aromatic rings. The first kappa shape index (κ1) is 17.0. The van der Waals surface area contributed by atoms with E-state index in [4.69, 9.17) is 14.0 Å². The highest BCUT2D eigenvalue weighted by molar-refractivity contribution is 5.96. The average Bonchev–Trinajstić information content (AvgIpc) is 3.19. The second-order valence-electron chi connectivity index (χ2n) is 7.10. The van der Waals surface area contributed by atoms with Gasteiger partial charge < -0.3 is 18.9 Å². The topological polar surface area (TPSA) is 77.7 Å². The minimum atomic E-state index is -0.199. The van der Waals surface area contributed by atoms with Crippen LogP contribution in [0.1, 0.15) is 41.1 Å². The average molecular weight is 357 g/mol. The number of nitrogens with zero attached hydrogens (tertiary/aromatic N) is 3. The van der Waals surface area contributed by atoms with Gasteiger partial charge in [0.25, 0.3) is 5.91 Å². The Morgan fingerprint density at radius 1 is 1.31 bits per heavy atom. The van der Waals surface area contributed by atoms with E-state index >= 15 is 0 Å². The first-order valence-electron chi connectivity index (χ1n) is 9.00. The Balaban J connectivity index is 1.36. The summed E-state index contributed by atoms with van der Waals surface area (Å²) in [4.78, 5) is 18.8. The highest BCUT2D eigenvalue weighted by atomic mass is 16.6. The summed E-state index contributed by atoms with van der Waals surface area (Å²) in [5.74, 6) is 1.20. The number of aryl methyl sites for hydroxylation is 2. The summed E-state index contributed by atoms with van der Waals surface area (Å²) in [5.41, 5.74) is 1.04. The molecule has 26 heavy (non-hydrogen) atoms. The van der Waals surface area contributed by atoms with Crippen molar-refractivity contribution in [3.63, 3.8) is 0 Å². The summed E-state index contributed by atoms with van der Waals surface area (Å²) in [7, 11) is 0. The van der Waals surface area contributed by atoms with Gasteiger partial charge in [0.2, 0.25) is 5.88 Å². The van der Waals surface area contributed by atoms with Crippen molar-refractivity contribution < 1.29 is 18.8 Å². The molecule has 2 aliphatic rings. The number of likely N-dealkylation sites (tertiary alicyclic amines) is 1. The van der Waals surface area contributed by atoms with Crippen LogP contribution in [-0.2, 0) is 4.74 Å². The van der Waals surface area contributed by atoms with Crippen molar-refractivity contribution in [1.82, 2.24) is 15.0 Å². The van der Waals surface area contributed by atoms with Gasteiger partial charge in [-0.05, 0) is 32.8 Å². The number of amides is 1. The van der Waals surface area contributed by atoms with Gasteiger partial charge in [-0.1, -0.05) is 11.2 Å². The summed E-state index contributed by atoms with van der Waals surface area (Å²) < 4.78 is 17.2. The van der Waals surface area contributed by atoms with Crippen LogP contribution in [-0.4, -0.2) is 52.3 Å². The molecule has 1 unspecified atom stereocenters. The van der Waals surface area contributed by atoms with Crippen molar-refractivity contribution in [3.05, 3.63) is 41.4 Å². The lowest BCUT2D eigenvalue weighted by atomic mass is 9.87. The zero-order valence-electron chi connectivity index (χ0n) is 15.1. The van der Waals surface area contributed by atoms with Crippen LogP contribution in [0.5, 0.6) is 5.88 Å². The zero-order chi connectivity index (χ0) is 18.1. The molecule has 0 bridgehead atoms. The van der Waals surface area contributed by atoms with Crippen LogP contribution >= 0.6 is 0 Å². The molecule has 0 aliphatic carbocycles. The maximum atomic E-state index is 12.8. The molecule has 7 nitrogen and oxygen atoms in total. The van der Waals surface area contributed by atoms with Crippen molar-refractivity contribution in [2.75, 3.05) is 19.7 Å². The SMILES string of the molecule is Cc1noc(C)c1C(=O)N1CCC2(CC1)CC(Oc1ccccn1)CO2. The van der Waals surface area contributed by atoms with E-state index in [0.717, 1.165) is 19.3 Å². The van der Waals surface area contributed by atoms with E-state index in [1.54, 1.807) is 20.0 Å². The molecule has 1 atom stereocenters. The predicted molar refractivity (Wildman–Crippen MR) is 93.1 cm³/mol. The first-order chi connectivity index (χ1) is 12.6. The standard InChI is InChI=1S/C19H23N3O4/c1-13-17(14(2)26-21-13)18(23)22-9-6-19(7-10-22)11-15(12-24-19)25-16-5-3-4-8-20-16/h3-5,8,15H,6-7,9-12H2,1-2H3. The van der Waals surface area contributed by atoms with Gasteiger partial charge in [0.15, 0.2) is 0 Å². The van der Waals surface area contributed by atoms with E-state index in [1.807, 2.05) is 23.1 Å². The van der Waals surface area contributed by atoms with Gasteiger partial charge in [-0.15, -0.1) is 0 Å². The molecule has 0 N–H and O–H groups in total. The third-order valence-electron chi connectivity index (χ3n) is 5.31. The summed E-state index contributed by atoms with van der Waals surface area (Å²) in [6.45, 7) is 5.47. The molecule has 0 radical (unpaired) electrons. The minimum Gasteiger partial charge on any atom is -0.472 e. The number of ether oxygens (including phenoxy) is 2. The van der Waals surface area contributed by atoms with Crippen molar-refractivity contribution in [1.29, 1.82) is 0 Å². The molecule has 4 heterocycles. The highest BCUT2D eigenvalue weighted by Crippen LogP contribution is 2.37. The van der Waals surface area contributed by atoms with E-state index in [1.165, 1.54) is 0 Å². The third kappa shape index (κ3) is 3.19. The van der Waals surface area contributed by atoms with Crippen LogP contribution in [0.15, 0.2) is 28.9 Å². The Morgan fingerprint density at radius 3 is 2.77 bits per heavy atom. The van der Waals surface area contributed by atoms with Gasteiger partial charge in [-0.25, -0.2) is 4.98 Å². The fraction of sp³-hybridized carbons (Fsp3) is 0.526. The van der Waals surface area contributed by atoms with E-state index in [0.29, 0.717) is 42.6 Å². The van der Waals surface area contributed by atoms with Crippen LogP contribution in [0.3, 0.4) is 0 Å². The number of rotatable bonds is 3. The smallest absolute Gasteiger partial charge is 0.259 e. The fourth-order valence-corrected chi connectivity index (χ4v) is 3.88. The van der Waals surface area contributed by atoms with Gasteiger partial charge in [0.1, 0.15) is 17.4 Å². The van der Waals surface area contributed by atoms with Gasteiger partial charge in [-0.2, -0.15) is 0 Å². The van der Waals surface area contributed by atoms with E-state index in [2.05, 4.69) is 10.1 Å². The van der Waals surface area contributed by atoms with E-state index in [9.17, 15) is 4.79 Å². The first-order valence-corrected chi connectivity index (χ1v) is 9.00. The lowest BCUT2D eigenvalue weighted by Gasteiger charge is -2.38. The Hall–Kier alpha value is -2.41. The molecule has 0 aromatic carbocycles. The normalized spacial score (nSPS) is 21.9. The molecule has 2 fully saturated rings. The second-order valence-corrected chi connectivity index (χ2v) is 7.10. The number of piperidine rings is 1. The monoisotopic (exact) mass is 357 g/mol. The molecule has 2 aliphatic heterocycles. The van der Waals surface area contributed by atoms with Crippen LogP contribution in [0, 0.1) is 13.8 Å². The summed E-state index contributed by atoms with van der Waals surface area (Å²) >= 11 is 0. The Labute approximate surface area is 152 Å². The summed E-state index contributed by atoms with van der Waals surface area (Å²) in [5, 5.41) is 3.88. The van der Waals surface area contributed by atoms with Crippen LogP contribution < -0.4 is 4.74 Å². The molecule has 1 amide bonds. The lowest BCUT2D eigenvalue weighted by molar-refractivity contribution is -0.0396. The zero-order valence-corrected chi connectivity index (χ0v) is 15.1. The van der Waals surface area contributed by atoms with Crippen LogP contribution in [0.4, 0.5) is 0 Å². The number of aromatic nitrogens is 2. The van der Waals surface area contributed by atoms with E-state index in [-0.39, 0.29) is 17.6 Å². The van der Waals surface area contributed by atoms with Crippen molar-refractivity contribution in [2.45, 2.75) is 44.8 Å². The molecule has 2 aromatic heterocycles. The number of hydrogen-bond acceptors (Lipinski definition) is 6. The summed E-state index contributed by atoms with van der Waals surface area (Å²) in [6, 6.07) is 5.63. The second kappa shape index (κ2) is 6.72. The van der Waals surface area contributed by atoms with Crippen LogP contribution in [0.25, 0.3) is 0 Å². The minimum absolute atomic E-state index is 0.00428. The third-order valence-corrected chi connectivity index (χ3v) is 5.31. The van der Waals surface area contributed by atoms with Crippen molar-refractivity contribution in [3.8, 4) is 5.88 Å². The molecule has 4 rings (SSSR count). The lowest BCUT2D eigenvalue weighted by Crippen LogP contribution is -2.46. The van der Waals surface area contributed by atoms with E-state index < -0.39 is 0 Å². The van der Waals surface area contributed by atoms with Crippen LogP contribution in [0.2, 0.25) is 0 Å². The maximum Gasteiger partial charge on any atom is 0.259 e. The molecule has 0 saturated carbocycles. The maximum absolute atomic E-state index is 12.8. The molecule has 138 valence electrons. The molecular formula is C19H23N3O4. The molecule has 1 spiro atoms. The molecule has 2 saturated heterocycles. The van der Waals surface area contributed by atoms with Gasteiger partial charge >= 0.3 is 0 Å². The number of carbonyl (C=O) groups is 1. The Bertz CT molecular complexity index is 762. The number of pyridine rings is 1. The molecule has 7 heteroatoms. The number of hydrogen-bond donors (Lipinski definition) is 0. The van der Waals surface area contributed by atoms with Crippen molar-refractivity contribution >= 4 is 5.91 Å². The van der Waals surface area contributed by atoms with Gasteiger partial charge in [0.05, 0.1) is 17.9 Å². The quantitative estimate of drug-likeness (QED) is 0.840. The summed E-state index contributed by atoms with van der Waals surface area (Å²) in [6.07, 6.45) is 4.18.